The normalized spacial score (nSPS) is 25.2. The highest BCUT2D eigenvalue weighted by molar-refractivity contribution is 6.01. The number of aliphatic hydroxyl groups is 1. The van der Waals surface area contributed by atoms with E-state index in [0.29, 0.717) is 17.9 Å². The predicted octanol–water partition coefficient (Wildman–Crippen LogP) is -0.222. The average molecular weight is 251 g/mol. The Morgan fingerprint density at radius 2 is 2.39 bits per heavy atom. The monoisotopic (exact) mass is 251 g/mol. The number of rotatable bonds is 2. The van der Waals surface area contributed by atoms with Gasteiger partial charge in [-0.25, -0.2) is 0 Å². The van der Waals surface area contributed by atoms with Gasteiger partial charge in [0.25, 0.3) is 0 Å². The lowest BCUT2D eigenvalue weighted by molar-refractivity contribution is 0.102. The summed E-state index contributed by atoms with van der Waals surface area (Å²) >= 11 is 0. The van der Waals surface area contributed by atoms with Crippen LogP contribution in [0.5, 0.6) is 0 Å². The van der Waals surface area contributed by atoms with Gasteiger partial charge in [0.05, 0.1) is 17.9 Å². The van der Waals surface area contributed by atoms with Crippen molar-refractivity contribution >= 4 is 11.7 Å². The second-order valence-corrected chi connectivity index (χ2v) is 4.53. The first-order valence-electron chi connectivity index (χ1n) is 5.86. The molecule has 2 unspecified atom stereocenters. The van der Waals surface area contributed by atoms with Crippen molar-refractivity contribution in [1.82, 2.24) is 10.2 Å². The molecule has 1 aromatic heterocycles. The molecule has 1 saturated heterocycles. The second kappa shape index (κ2) is 5.18. The third-order valence-electron chi connectivity index (χ3n) is 3.30. The van der Waals surface area contributed by atoms with E-state index in [9.17, 15) is 5.11 Å². The van der Waals surface area contributed by atoms with Crippen LogP contribution >= 0.6 is 0 Å². The number of β-amino-alcohol motifs (C(OH)–C–C–N with tert-alkyl or cyclic N) is 1. The molecule has 1 aliphatic rings. The van der Waals surface area contributed by atoms with Gasteiger partial charge in [-0.15, -0.1) is 5.10 Å². The number of amidine groups is 1. The number of nitrogens with zero attached hydrogens (tertiary/aromatic N) is 4. The number of oxime groups is 1. The van der Waals surface area contributed by atoms with Gasteiger partial charge < -0.3 is 20.9 Å². The molecule has 98 valence electrons. The van der Waals surface area contributed by atoms with E-state index in [4.69, 9.17) is 10.9 Å². The SMILES string of the molecule is CC1CCN(c2nnccc2/C(N)=N/O)CC1O. The van der Waals surface area contributed by atoms with Crippen LogP contribution < -0.4 is 10.6 Å². The standard InChI is InChI=1S/C11H17N5O2/c1-7-3-5-16(6-9(7)17)11-8(10(12)15-18)2-4-13-14-11/h2,4,7,9,17-18H,3,5-6H2,1H3,(H2,12,15). The summed E-state index contributed by atoms with van der Waals surface area (Å²) in [6, 6.07) is 1.64. The molecule has 0 aromatic carbocycles. The van der Waals surface area contributed by atoms with Crippen molar-refractivity contribution in [3.8, 4) is 0 Å². The maximum atomic E-state index is 9.90. The van der Waals surface area contributed by atoms with Crippen molar-refractivity contribution in [2.45, 2.75) is 19.4 Å². The van der Waals surface area contributed by atoms with E-state index in [1.807, 2.05) is 11.8 Å². The molecule has 0 bridgehead atoms. The smallest absolute Gasteiger partial charge is 0.173 e. The molecule has 4 N–H and O–H groups in total. The highest BCUT2D eigenvalue weighted by Crippen LogP contribution is 2.23. The van der Waals surface area contributed by atoms with Crippen molar-refractivity contribution in [1.29, 1.82) is 0 Å². The van der Waals surface area contributed by atoms with Crippen LogP contribution in [0.3, 0.4) is 0 Å². The van der Waals surface area contributed by atoms with E-state index in [-0.39, 0.29) is 11.8 Å². The minimum Gasteiger partial charge on any atom is -0.409 e. The quantitative estimate of drug-likeness (QED) is 0.290. The summed E-state index contributed by atoms with van der Waals surface area (Å²) < 4.78 is 0. The van der Waals surface area contributed by atoms with Crippen LogP contribution in [0.1, 0.15) is 18.9 Å². The molecule has 2 rings (SSSR count). The number of nitrogens with two attached hydrogens (primary N) is 1. The van der Waals surface area contributed by atoms with Gasteiger partial charge in [0, 0.05) is 13.1 Å². The first kappa shape index (κ1) is 12.6. The van der Waals surface area contributed by atoms with Crippen molar-refractivity contribution in [2.24, 2.45) is 16.8 Å². The minimum atomic E-state index is -0.402. The van der Waals surface area contributed by atoms with E-state index in [2.05, 4.69) is 15.4 Å². The number of hydrogen-bond donors (Lipinski definition) is 3. The lowest BCUT2D eigenvalue weighted by Crippen LogP contribution is -2.44. The van der Waals surface area contributed by atoms with Crippen molar-refractivity contribution in [3.05, 3.63) is 17.8 Å². The number of piperidine rings is 1. The van der Waals surface area contributed by atoms with Gasteiger partial charge >= 0.3 is 0 Å². The summed E-state index contributed by atoms with van der Waals surface area (Å²) in [7, 11) is 0. The fourth-order valence-electron chi connectivity index (χ4n) is 2.05. The van der Waals surface area contributed by atoms with Crippen molar-refractivity contribution in [2.75, 3.05) is 18.0 Å². The zero-order valence-corrected chi connectivity index (χ0v) is 10.2. The van der Waals surface area contributed by atoms with Gasteiger partial charge in [0.2, 0.25) is 0 Å². The topological polar surface area (TPSA) is 108 Å². The maximum Gasteiger partial charge on any atom is 0.173 e. The van der Waals surface area contributed by atoms with Crippen LogP contribution in [0.25, 0.3) is 0 Å². The maximum absolute atomic E-state index is 9.90. The molecule has 0 amide bonds. The highest BCUT2D eigenvalue weighted by Gasteiger charge is 2.27. The molecule has 0 saturated carbocycles. The molecule has 0 radical (unpaired) electrons. The van der Waals surface area contributed by atoms with E-state index in [0.717, 1.165) is 13.0 Å². The lowest BCUT2D eigenvalue weighted by atomic mass is 9.96. The van der Waals surface area contributed by atoms with Gasteiger partial charge in [0.1, 0.15) is 0 Å². The van der Waals surface area contributed by atoms with Gasteiger partial charge in [0.15, 0.2) is 11.7 Å². The number of aromatic nitrogens is 2. The fraction of sp³-hybridized carbons (Fsp3) is 0.545. The van der Waals surface area contributed by atoms with Gasteiger partial charge in [-0.05, 0) is 18.4 Å². The van der Waals surface area contributed by atoms with Crippen molar-refractivity contribution in [3.63, 3.8) is 0 Å². The summed E-state index contributed by atoms with van der Waals surface area (Å²) in [5.74, 6) is 0.803. The highest BCUT2D eigenvalue weighted by atomic mass is 16.4. The molecule has 0 aliphatic carbocycles. The fourth-order valence-corrected chi connectivity index (χ4v) is 2.05. The van der Waals surface area contributed by atoms with Gasteiger partial charge in [-0.2, -0.15) is 5.10 Å². The Balaban J connectivity index is 2.28. The van der Waals surface area contributed by atoms with Crippen LogP contribution in [0.4, 0.5) is 5.82 Å². The Morgan fingerprint density at radius 3 is 3.06 bits per heavy atom. The molecule has 2 atom stereocenters. The van der Waals surface area contributed by atoms with E-state index >= 15 is 0 Å². The summed E-state index contributed by atoms with van der Waals surface area (Å²) in [4.78, 5) is 1.91. The zero-order chi connectivity index (χ0) is 13.1. The Morgan fingerprint density at radius 1 is 1.61 bits per heavy atom. The third-order valence-corrected chi connectivity index (χ3v) is 3.30. The number of anilines is 1. The number of hydrogen-bond acceptors (Lipinski definition) is 6. The average Bonchev–Trinajstić information content (AvgIpc) is 2.41. The van der Waals surface area contributed by atoms with Crippen LogP contribution in [0, 0.1) is 5.92 Å². The summed E-state index contributed by atoms with van der Waals surface area (Å²) in [5, 5.41) is 29.5. The van der Waals surface area contributed by atoms with Gasteiger partial charge in [-0.1, -0.05) is 12.1 Å². The van der Waals surface area contributed by atoms with Crippen LogP contribution in [-0.2, 0) is 0 Å². The minimum absolute atomic E-state index is 0.00647. The molecular formula is C11H17N5O2. The number of aliphatic hydroxyl groups excluding tert-OH is 1. The molecule has 1 fully saturated rings. The molecule has 2 heterocycles. The summed E-state index contributed by atoms with van der Waals surface area (Å²) in [6.45, 7) is 3.26. The molecule has 18 heavy (non-hydrogen) atoms. The molecule has 1 aliphatic heterocycles. The third kappa shape index (κ3) is 2.35. The Labute approximate surface area is 105 Å². The first-order chi connectivity index (χ1) is 8.63. The molecular weight excluding hydrogens is 234 g/mol. The second-order valence-electron chi connectivity index (χ2n) is 4.53. The summed E-state index contributed by atoms with van der Waals surface area (Å²) in [6.07, 6.45) is 1.95. The first-order valence-corrected chi connectivity index (χ1v) is 5.86. The Hall–Kier alpha value is -1.89. The summed E-state index contributed by atoms with van der Waals surface area (Å²) in [5.41, 5.74) is 6.13. The van der Waals surface area contributed by atoms with E-state index in [1.54, 1.807) is 6.07 Å². The van der Waals surface area contributed by atoms with Crippen LogP contribution in [0.2, 0.25) is 0 Å². The van der Waals surface area contributed by atoms with Gasteiger partial charge in [-0.3, -0.25) is 0 Å². The molecule has 7 heteroatoms. The van der Waals surface area contributed by atoms with E-state index in [1.165, 1.54) is 6.20 Å². The Bertz CT molecular complexity index is 451. The van der Waals surface area contributed by atoms with Crippen molar-refractivity contribution < 1.29 is 10.3 Å². The van der Waals surface area contributed by atoms with Crippen LogP contribution in [0.15, 0.2) is 17.4 Å². The largest absolute Gasteiger partial charge is 0.409 e. The lowest BCUT2D eigenvalue weighted by Gasteiger charge is -2.35. The Kier molecular flexibility index (Phi) is 3.61. The zero-order valence-electron chi connectivity index (χ0n) is 10.2. The predicted molar refractivity (Wildman–Crippen MR) is 66.5 cm³/mol. The van der Waals surface area contributed by atoms with E-state index < -0.39 is 6.10 Å². The van der Waals surface area contributed by atoms with Crippen LogP contribution in [-0.4, -0.2) is 45.5 Å². The molecule has 7 nitrogen and oxygen atoms in total. The molecule has 0 spiro atoms. The molecule has 1 aromatic rings.